The summed E-state index contributed by atoms with van der Waals surface area (Å²) in [7, 11) is 0. The van der Waals surface area contributed by atoms with Crippen molar-refractivity contribution in [1.29, 1.82) is 0 Å². The lowest BCUT2D eigenvalue weighted by Gasteiger charge is -2.28. The highest BCUT2D eigenvalue weighted by atomic mass is 16.4. The Balaban J connectivity index is 1.51. The van der Waals surface area contributed by atoms with E-state index in [1.807, 2.05) is 30.3 Å². The average Bonchev–Trinajstić information content (AvgIpc) is 3.33. The Hall–Kier alpha value is -2.89. The summed E-state index contributed by atoms with van der Waals surface area (Å²) in [5.41, 5.74) is 4.55. The molecule has 6 heteroatoms. The van der Waals surface area contributed by atoms with Gasteiger partial charge in [0.15, 0.2) is 0 Å². The third-order valence-electron chi connectivity index (χ3n) is 6.54. The molecule has 0 spiro atoms. The van der Waals surface area contributed by atoms with Gasteiger partial charge in [-0.1, -0.05) is 48.7 Å². The average molecular weight is 408 g/mol. The van der Waals surface area contributed by atoms with Crippen molar-refractivity contribution in [2.24, 2.45) is 11.8 Å². The van der Waals surface area contributed by atoms with Gasteiger partial charge in [-0.05, 0) is 43.2 Å². The van der Waals surface area contributed by atoms with Gasteiger partial charge in [0.05, 0.1) is 17.4 Å². The van der Waals surface area contributed by atoms with Gasteiger partial charge in [-0.25, -0.2) is 0 Å². The number of carbonyl (C=O) groups is 3. The number of hydrogen-bond acceptors (Lipinski definition) is 3. The van der Waals surface area contributed by atoms with Crippen LogP contribution in [0.15, 0.2) is 52.7 Å². The van der Waals surface area contributed by atoms with Crippen molar-refractivity contribution in [3.63, 3.8) is 0 Å². The van der Waals surface area contributed by atoms with Crippen LogP contribution in [-0.4, -0.2) is 22.9 Å². The van der Waals surface area contributed by atoms with Crippen LogP contribution in [0.25, 0.3) is 0 Å². The zero-order valence-electron chi connectivity index (χ0n) is 17.1. The smallest absolute Gasteiger partial charge is 0.307 e. The van der Waals surface area contributed by atoms with Crippen LogP contribution in [0.2, 0.25) is 0 Å². The summed E-state index contributed by atoms with van der Waals surface area (Å²) in [4.78, 5) is 37.6. The van der Waals surface area contributed by atoms with E-state index >= 15 is 0 Å². The van der Waals surface area contributed by atoms with Crippen molar-refractivity contribution >= 4 is 17.8 Å². The largest absolute Gasteiger partial charge is 0.481 e. The molecular weight excluding hydrogens is 380 g/mol. The maximum absolute atomic E-state index is 13.1. The predicted octanol–water partition coefficient (Wildman–Crippen LogP) is 3.45. The Morgan fingerprint density at radius 1 is 0.967 bits per heavy atom. The molecule has 1 aromatic rings. The Morgan fingerprint density at radius 3 is 2.43 bits per heavy atom. The summed E-state index contributed by atoms with van der Waals surface area (Å²) in [6.45, 7) is 0.427. The number of allylic oxidation sites excluding steroid dienone is 1. The second-order valence-electron chi connectivity index (χ2n) is 8.46. The molecule has 0 saturated heterocycles. The van der Waals surface area contributed by atoms with Crippen molar-refractivity contribution in [2.75, 3.05) is 0 Å². The first-order valence-corrected chi connectivity index (χ1v) is 10.8. The van der Waals surface area contributed by atoms with Gasteiger partial charge < -0.3 is 15.7 Å². The highest BCUT2D eigenvalue weighted by molar-refractivity contribution is 6.01. The van der Waals surface area contributed by atoms with Gasteiger partial charge in [0.25, 0.3) is 5.91 Å². The van der Waals surface area contributed by atoms with Gasteiger partial charge in [-0.2, -0.15) is 0 Å². The zero-order chi connectivity index (χ0) is 21.1. The van der Waals surface area contributed by atoms with E-state index in [-0.39, 0.29) is 11.8 Å². The van der Waals surface area contributed by atoms with E-state index in [9.17, 15) is 19.5 Å². The van der Waals surface area contributed by atoms with E-state index in [4.69, 9.17) is 0 Å². The topological polar surface area (TPSA) is 95.5 Å². The Morgan fingerprint density at radius 2 is 1.70 bits per heavy atom. The summed E-state index contributed by atoms with van der Waals surface area (Å²) in [5, 5.41) is 15.5. The molecule has 2 amide bonds. The van der Waals surface area contributed by atoms with Crippen molar-refractivity contribution in [3.8, 4) is 0 Å². The summed E-state index contributed by atoms with van der Waals surface area (Å²) >= 11 is 0. The van der Waals surface area contributed by atoms with Crippen LogP contribution < -0.4 is 10.6 Å². The van der Waals surface area contributed by atoms with Crippen molar-refractivity contribution in [1.82, 2.24) is 10.6 Å². The molecule has 1 fully saturated rings. The number of benzene rings is 1. The van der Waals surface area contributed by atoms with E-state index in [2.05, 4.69) is 10.6 Å². The van der Waals surface area contributed by atoms with E-state index in [1.54, 1.807) is 0 Å². The van der Waals surface area contributed by atoms with Crippen LogP contribution >= 0.6 is 0 Å². The van der Waals surface area contributed by atoms with Gasteiger partial charge >= 0.3 is 5.97 Å². The summed E-state index contributed by atoms with van der Waals surface area (Å²) in [6, 6.07) is 9.72. The Bertz CT molecular complexity index is 916. The van der Waals surface area contributed by atoms with Crippen molar-refractivity contribution < 1.29 is 19.5 Å². The molecule has 3 N–H and O–H groups in total. The molecule has 1 aromatic carbocycles. The molecule has 0 bridgehead atoms. The first-order chi connectivity index (χ1) is 14.5. The zero-order valence-corrected chi connectivity index (χ0v) is 17.1. The number of hydrogen-bond donors (Lipinski definition) is 3. The maximum Gasteiger partial charge on any atom is 0.307 e. The summed E-state index contributed by atoms with van der Waals surface area (Å²) < 4.78 is 0. The molecule has 0 aliphatic heterocycles. The number of aliphatic carboxylic acids is 1. The minimum absolute atomic E-state index is 0.167. The Labute approximate surface area is 176 Å². The number of rotatable bonds is 6. The van der Waals surface area contributed by atoms with Gasteiger partial charge in [-0.3, -0.25) is 14.4 Å². The number of carboxylic acids is 1. The van der Waals surface area contributed by atoms with E-state index in [1.165, 1.54) is 5.57 Å². The molecule has 2 unspecified atom stereocenters. The fourth-order valence-electron chi connectivity index (χ4n) is 5.02. The second-order valence-corrected chi connectivity index (χ2v) is 8.46. The van der Waals surface area contributed by atoms with Gasteiger partial charge in [0.2, 0.25) is 5.91 Å². The third kappa shape index (κ3) is 4.18. The van der Waals surface area contributed by atoms with E-state index in [0.29, 0.717) is 37.1 Å². The quantitative estimate of drug-likeness (QED) is 0.672. The second kappa shape index (κ2) is 8.86. The molecule has 0 aromatic heterocycles. The van der Waals surface area contributed by atoms with Crippen LogP contribution in [0.4, 0.5) is 0 Å². The SMILES string of the molecule is O=C(NCc1ccccc1)C1=C(NC(=O)C2CCCCC2C(=O)O)CC2=C1CCC2. The maximum atomic E-state index is 13.1. The fraction of sp³-hybridized carbons (Fsp3) is 0.458. The third-order valence-corrected chi connectivity index (χ3v) is 6.54. The first kappa shape index (κ1) is 20.4. The standard InChI is InChI=1S/C24H28N2O4/c27-22(18-10-4-5-11-19(18)24(29)30)26-20-13-16-9-6-12-17(16)21(20)23(28)25-14-15-7-2-1-3-8-15/h1-3,7-8,18-19H,4-6,9-14H2,(H,25,28)(H,26,27)(H,29,30). The highest BCUT2D eigenvalue weighted by Crippen LogP contribution is 2.42. The molecular formula is C24H28N2O4. The normalized spacial score (nSPS) is 23.3. The molecule has 1 saturated carbocycles. The summed E-state index contributed by atoms with van der Waals surface area (Å²) in [5.74, 6) is -2.51. The molecule has 0 radical (unpaired) electrons. The van der Waals surface area contributed by atoms with Crippen molar-refractivity contribution in [3.05, 3.63) is 58.3 Å². The Kier molecular flexibility index (Phi) is 6.02. The number of carboxylic acid groups (broad SMARTS) is 1. The molecule has 6 nitrogen and oxygen atoms in total. The van der Waals surface area contributed by atoms with E-state index in [0.717, 1.165) is 43.2 Å². The predicted molar refractivity (Wildman–Crippen MR) is 112 cm³/mol. The van der Waals surface area contributed by atoms with E-state index < -0.39 is 17.8 Å². The van der Waals surface area contributed by atoms with Gasteiger partial charge in [0.1, 0.15) is 0 Å². The van der Waals surface area contributed by atoms with Gasteiger partial charge in [-0.15, -0.1) is 0 Å². The monoisotopic (exact) mass is 408 g/mol. The minimum atomic E-state index is -0.906. The van der Waals surface area contributed by atoms with Crippen LogP contribution in [0.1, 0.15) is 56.9 Å². The lowest BCUT2D eigenvalue weighted by molar-refractivity contribution is -0.148. The molecule has 30 heavy (non-hydrogen) atoms. The molecule has 3 aliphatic rings. The van der Waals surface area contributed by atoms with Crippen LogP contribution in [-0.2, 0) is 20.9 Å². The molecule has 3 aliphatic carbocycles. The minimum Gasteiger partial charge on any atom is -0.481 e. The van der Waals surface area contributed by atoms with Crippen LogP contribution in [0.5, 0.6) is 0 Å². The van der Waals surface area contributed by atoms with Gasteiger partial charge in [0, 0.05) is 18.7 Å². The number of nitrogens with one attached hydrogen (secondary N) is 2. The van der Waals surface area contributed by atoms with Crippen molar-refractivity contribution in [2.45, 2.75) is 57.9 Å². The fourth-order valence-corrected chi connectivity index (χ4v) is 5.02. The first-order valence-electron chi connectivity index (χ1n) is 10.8. The lowest BCUT2D eigenvalue weighted by atomic mass is 9.78. The number of amides is 2. The summed E-state index contributed by atoms with van der Waals surface area (Å²) in [6.07, 6.45) is 6.23. The molecule has 4 rings (SSSR count). The lowest BCUT2D eigenvalue weighted by Crippen LogP contribution is -2.40. The highest BCUT2D eigenvalue weighted by Gasteiger charge is 2.38. The molecule has 158 valence electrons. The number of carbonyl (C=O) groups excluding carboxylic acids is 2. The molecule has 2 atom stereocenters. The van der Waals surface area contributed by atoms with Crippen LogP contribution in [0.3, 0.4) is 0 Å². The molecule has 0 heterocycles. The van der Waals surface area contributed by atoms with Crippen LogP contribution in [0, 0.1) is 11.8 Å².